The summed E-state index contributed by atoms with van der Waals surface area (Å²) in [5.74, 6) is 7.45. The van der Waals surface area contributed by atoms with Crippen molar-refractivity contribution in [2.24, 2.45) is 5.84 Å². The lowest BCUT2D eigenvalue weighted by Crippen LogP contribution is -2.12. The number of ether oxygens (including phenoxy) is 1. The molecule has 0 aliphatic rings. The van der Waals surface area contributed by atoms with Gasteiger partial charge in [-0.05, 0) is 19.9 Å². The van der Waals surface area contributed by atoms with Gasteiger partial charge in [0.2, 0.25) is 5.88 Å². The number of para-hydroxylation sites is 1. The third kappa shape index (κ3) is 2.81. The fraction of sp³-hybridized carbons (Fsp3) is 0.231. The van der Waals surface area contributed by atoms with Gasteiger partial charge in [0.1, 0.15) is 17.4 Å². The smallest absolute Gasteiger partial charge is 0.227 e. The highest BCUT2D eigenvalue weighted by atomic mass is 16.5. The first-order valence-corrected chi connectivity index (χ1v) is 5.84. The number of nitrogens with one attached hydrogen (secondary N) is 1. The standard InChI is InChI=1S/C13H16N4O2/c1-8-12(17-14)15-9(2)16-13(8)19-11-6-4-3-5-10(11)7-18/h3-6,18H,7,14H2,1-2H3,(H,15,16,17). The molecule has 0 saturated heterocycles. The summed E-state index contributed by atoms with van der Waals surface area (Å²) < 4.78 is 5.75. The lowest BCUT2D eigenvalue weighted by molar-refractivity contribution is 0.276. The maximum atomic E-state index is 9.28. The van der Waals surface area contributed by atoms with E-state index in [4.69, 9.17) is 10.6 Å². The Morgan fingerprint density at radius 1 is 1.26 bits per heavy atom. The zero-order valence-electron chi connectivity index (χ0n) is 10.8. The second-order valence-electron chi connectivity index (χ2n) is 4.06. The van der Waals surface area contributed by atoms with E-state index in [1.54, 1.807) is 19.1 Å². The van der Waals surface area contributed by atoms with E-state index in [9.17, 15) is 5.11 Å². The number of nitrogens with zero attached hydrogens (tertiary/aromatic N) is 2. The summed E-state index contributed by atoms with van der Waals surface area (Å²) in [7, 11) is 0. The fourth-order valence-electron chi connectivity index (χ4n) is 1.68. The highest BCUT2D eigenvalue weighted by molar-refractivity contribution is 5.49. The van der Waals surface area contributed by atoms with Crippen molar-refractivity contribution in [2.75, 3.05) is 5.43 Å². The fourth-order valence-corrected chi connectivity index (χ4v) is 1.68. The Labute approximate surface area is 111 Å². The largest absolute Gasteiger partial charge is 0.438 e. The molecule has 4 N–H and O–H groups in total. The Morgan fingerprint density at radius 3 is 2.68 bits per heavy atom. The number of rotatable bonds is 4. The third-order valence-corrected chi connectivity index (χ3v) is 2.70. The van der Waals surface area contributed by atoms with Gasteiger partial charge in [-0.15, -0.1) is 0 Å². The van der Waals surface area contributed by atoms with E-state index in [1.807, 2.05) is 19.1 Å². The summed E-state index contributed by atoms with van der Waals surface area (Å²) in [5, 5.41) is 9.28. The van der Waals surface area contributed by atoms with E-state index in [2.05, 4.69) is 15.4 Å². The normalized spacial score (nSPS) is 10.3. The number of nitrogens with two attached hydrogens (primary N) is 1. The van der Waals surface area contributed by atoms with Crippen molar-refractivity contribution >= 4 is 5.82 Å². The van der Waals surface area contributed by atoms with Crippen molar-refractivity contribution < 1.29 is 9.84 Å². The maximum absolute atomic E-state index is 9.28. The predicted molar refractivity (Wildman–Crippen MR) is 71.8 cm³/mol. The van der Waals surface area contributed by atoms with Crippen LogP contribution in [0.3, 0.4) is 0 Å². The molecule has 0 spiro atoms. The van der Waals surface area contributed by atoms with Crippen molar-refractivity contribution in [3.8, 4) is 11.6 Å². The van der Waals surface area contributed by atoms with Crippen molar-refractivity contribution in [3.05, 3.63) is 41.2 Å². The van der Waals surface area contributed by atoms with E-state index < -0.39 is 0 Å². The topological polar surface area (TPSA) is 93.3 Å². The lowest BCUT2D eigenvalue weighted by Gasteiger charge is -2.13. The minimum Gasteiger partial charge on any atom is -0.438 e. The van der Waals surface area contributed by atoms with Crippen LogP contribution in [0.4, 0.5) is 5.82 Å². The van der Waals surface area contributed by atoms with Gasteiger partial charge in [-0.1, -0.05) is 18.2 Å². The molecule has 100 valence electrons. The summed E-state index contributed by atoms with van der Waals surface area (Å²) in [6, 6.07) is 7.24. The Balaban J connectivity index is 2.40. The highest BCUT2D eigenvalue weighted by Gasteiger charge is 2.12. The van der Waals surface area contributed by atoms with Gasteiger partial charge in [0, 0.05) is 5.56 Å². The van der Waals surface area contributed by atoms with E-state index in [-0.39, 0.29) is 6.61 Å². The van der Waals surface area contributed by atoms with Gasteiger partial charge in [0.15, 0.2) is 0 Å². The van der Waals surface area contributed by atoms with Gasteiger partial charge in [0.05, 0.1) is 12.2 Å². The van der Waals surface area contributed by atoms with Crippen LogP contribution >= 0.6 is 0 Å². The molecule has 6 nitrogen and oxygen atoms in total. The second kappa shape index (κ2) is 5.64. The van der Waals surface area contributed by atoms with Crippen LogP contribution in [-0.2, 0) is 6.61 Å². The maximum Gasteiger partial charge on any atom is 0.227 e. The van der Waals surface area contributed by atoms with Gasteiger partial charge in [0.25, 0.3) is 0 Å². The predicted octanol–water partition coefficient (Wildman–Crippen LogP) is 1.66. The second-order valence-corrected chi connectivity index (χ2v) is 4.06. The molecule has 0 saturated carbocycles. The molecule has 0 unspecified atom stereocenters. The summed E-state index contributed by atoms with van der Waals surface area (Å²) >= 11 is 0. The van der Waals surface area contributed by atoms with E-state index in [1.165, 1.54) is 0 Å². The van der Waals surface area contributed by atoms with Crippen LogP contribution in [0, 0.1) is 13.8 Å². The number of anilines is 1. The molecule has 1 heterocycles. The molecular formula is C13H16N4O2. The first-order chi connectivity index (χ1) is 9.15. The Morgan fingerprint density at radius 2 is 2.00 bits per heavy atom. The number of aliphatic hydroxyl groups excluding tert-OH is 1. The minimum absolute atomic E-state index is 0.0959. The molecule has 0 bridgehead atoms. The molecule has 0 aliphatic carbocycles. The van der Waals surface area contributed by atoms with Gasteiger partial charge < -0.3 is 15.3 Å². The monoisotopic (exact) mass is 260 g/mol. The van der Waals surface area contributed by atoms with Crippen molar-refractivity contribution in [1.82, 2.24) is 9.97 Å². The molecule has 19 heavy (non-hydrogen) atoms. The molecule has 0 aliphatic heterocycles. The average Bonchev–Trinajstić information content (AvgIpc) is 2.43. The number of aromatic nitrogens is 2. The summed E-state index contributed by atoms with van der Waals surface area (Å²) in [6.45, 7) is 3.47. The molecule has 0 radical (unpaired) electrons. The number of hydrazine groups is 1. The molecule has 1 aromatic carbocycles. The van der Waals surface area contributed by atoms with E-state index in [0.717, 1.165) is 0 Å². The average molecular weight is 260 g/mol. The Bertz CT molecular complexity index is 587. The van der Waals surface area contributed by atoms with Crippen LogP contribution in [0.5, 0.6) is 11.6 Å². The Hall–Kier alpha value is -2.18. The number of aliphatic hydroxyl groups is 1. The number of hydrogen-bond acceptors (Lipinski definition) is 6. The van der Waals surface area contributed by atoms with Gasteiger partial charge in [-0.2, -0.15) is 4.98 Å². The number of nitrogen functional groups attached to an aromatic ring is 1. The molecular weight excluding hydrogens is 244 g/mol. The molecule has 2 aromatic rings. The number of hydrogen-bond donors (Lipinski definition) is 3. The van der Waals surface area contributed by atoms with Crippen LogP contribution < -0.4 is 16.0 Å². The number of aryl methyl sites for hydroxylation is 1. The van der Waals surface area contributed by atoms with Crippen molar-refractivity contribution in [2.45, 2.75) is 20.5 Å². The third-order valence-electron chi connectivity index (χ3n) is 2.70. The number of benzene rings is 1. The molecule has 2 rings (SSSR count). The van der Waals surface area contributed by atoms with Gasteiger partial charge in [-0.3, -0.25) is 0 Å². The minimum atomic E-state index is -0.0959. The van der Waals surface area contributed by atoms with Crippen LogP contribution in [-0.4, -0.2) is 15.1 Å². The quantitative estimate of drug-likeness (QED) is 0.572. The molecule has 0 atom stereocenters. The summed E-state index contributed by atoms with van der Waals surface area (Å²) in [6.07, 6.45) is 0. The van der Waals surface area contributed by atoms with Crippen molar-refractivity contribution in [3.63, 3.8) is 0 Å². The lowest BCUT2D eigenvalue weighted by atomic mass is 10.2. The molecule has 0 fully saturated rings. The molecule has 0 amide bonds. The molecule has 6 heteroatoms. The van der Waals surface area contributed by atoms with Gasteiger partial charge >= 0.3 is 0 Å². The zero-order chi connectivity index (χ0) is 13.8. The van der Waals surface area contributed by atoms with Crippen LogP contribution in [0.15, 0.2) is 24.3 Å². The first kappa shape index (κ1) is 13.3. The summed E-state index contributed by atoms with van der Waals surface area (Å²) in [5.41, 5.74) is 3.91. The summed E-state index contributed by atoms with van der Waals surface area (Å²) in [4.78, 5) is 8.40. The Kier molecular flexibility index (Phi) is 3.94. The molecule has 1 aromatic heterocycles. The first-order valence-electron chi connectivity index (χ1n) is 5.84. The van der Waals surface area contributed by atoms with Gasteiger partial charge in [-0.25, -0.2) is 10.8 Å². The van der Waals surface area contributed by atoms with Crippen molar-refractivity contribution in [1.29, 1.82) is 0 Å². The van der Waals surface area contributed by atoms with E-state index >= 15 is 0 Å². The van der Waals surface area contributed by atoms with E-state index in [0.29, 0.717) is 34.4 Å². The van der Waals surface area contributed by atoms with Crippen LogP contribution in [0.1, 0.15) is 17.0 Å². The zero-order valence-corrected chi connectivity index (χ0v) is 10.8. The van der Waals surface area contributed by atoms with Crippen LogP contribution in [0.25, 0.3) is 0 Å². The highest BCUT2D eigenvalue weighted by Crippen LogP contribution is 2.28. The SMILES string of the molecule is Cc1nc(NN)c(C)c(Oc2ccccc2CO)n1. The van der Waals surface area contributed by atoms with Crippen LogP contribution in [0.2, 0.25) is 0 Å².